The van der Waals surface area contributed by atoms with Crippen LogP contribution in [0.1, 0.15) is 0 Å². The molecule has 0 atom stereocenters. The fourth-order valence-corrected chi connectivity index (χ4v) is 7.44. The van der Waals surface area contributed by atoms with Gasteiger partial charge in [0.15, 0.2) is 17.5 Å². The molecule has 7 aromatic carbocycles. The first-order chi connectivity index (χ1) is 25.3. The number of furan rings is 3. The summed E-state index contributed by atoms with van der Waals surface area (Å²) in [6.07, 6.45) is 0. The Bertz CT molecular complexity index is 3150. The van der Waals surface area contributed by atoms with E-state index in [4.69, 9.17) is 28.2 Å². The molecule has 6 heteroatoms. The summed E-state index contributed by atoms with van der Waals surface area (Å²) in [6, 6.07) is 51.0. The minimum atomic E-state index is 0.533. The molecule has 238 valence electrons. The van der Waals surface area contributed by atoms with Gasteiger partial charge in [-0.3, -0.25) is 0 Å². The lowest BCUT2D eigenvalue weighted by atomic mass is 9.96. The Balaban J connectivity index is 1.18. The number of benzene rings is 7. The molecule has 0 fully saturated rings. The van der Waals surface area contributed by atoms with Crippen molar-refractivity contribution in [1.82, 2.24) is 15.0 Å². The average molecular weight is 656 g/mol. The topological polar surface area (TPSA) is 78.1 Å². The van der Waals surface area contributed by atoms with Crippen LogP contribution in [0.5, 0.6) is 0 Å². The number of rotatable bonds is 4. The highest BCUT2D eigenvalue weighted by molar-refractivity contribution is 6.18. The van der Waals surface area contributed by atoms with Crippen molar-refractivity contribution in [2.45, 2.75) is 0 Å². The second-order valence-corrected chi connectivity index (χ2v) is 12.7. The zero-order valence-corrected chi connectivity index (χ0v) is 27.0. The molecule has 0 bridgehead atoms. The molecular weight excluding hydrogens is 631 g/mol. The standard InChI is InChI=1S/C45H25N3O3/c1-2-11-26(12-3-1)43-46-44(48-45(47-43)33-18-8-16-31-29-13-4-7-20-36(29)51-42(31)33)32-17-10-22-39-41(32)40-28(15-9-21-38(40)50-39)27-23-24-37-34(25-27)30-14-5-6-19-35(30)49-37/h1-25H. The minimum absolute atomic E-state index is 0.533. The molecule has 0 amide bonds. The number of hydrogen-bond acceptors (Lipinski definition) is 6. The first kappa shape index (κ1) is 27.9. The van der Waals surface area contributed by atoms with Gasteiger partial charge in [-0.2, -0.15) is 0 Å². The van der Waals surface area contributed by atoms with Gasteiger partial charge in [-0.05, 0) is 53.6 Å². The molecule has 6 nitrogen and oxygen atoms in total. The van der Waals surface area contributed by atoms with Crippen molar-refractivity contribution < 1.29 is 13.3 Å². The summed E-state index contributed by atoms with van der Waals surface area (Å²) in [5.41, 5.74) is 9.50. The van der Waals surface area contributed by atoms with Crippen molar-refractivity contribution >= 4 is 65.8 Å². The lowest BCUT2D eigenvalue weighted by molar-refractivity contribution is 0.668. The van der Waals surface area contributed by atoms with Crippen LogP contribution in [0.25, 0.3) is 111 Å². The molecule has 0 spiro atoms. The Kier molecular flexibility index (Phi) is 5.86. The van der Waals surface area contributed by atoms with Crippen LogP contribution in [0, 0.1) is 0 Å². The molecular formula is C45H25N3O3. The average Bonchev–Trinajstić information content (AvgIpc) is 3.89. The van der Waals surface area contributed by atoms with Crippen LogP contribution in [0.3, 0.4) is 0 Å². The first-order valence-corrected chi connectivity index (χ1v) is 16.9. The molecule has 0 aliphatic carbocycles. The Morgan fingerprint density at radius 3 is 1.65 bits per heavy atom. The van der Waals surface area contributed by atoms with Gasteiger partial charge in [0.2, 0.25) is 0 Å². The largest absolute Gasteiger partial charge is 0.456 e. The lowest BCUT2D eigenvalue weighted by Crippen LogP contribution is -2.00. The molecule has 0 aliphatic heterocycles. The Morgan fingerprint density at radius 2 is 0.843 bits per heavy atom. The molecule has 11 rings (SSSR count). The molecule has 0 unspecified atom stereocenters. The summed E-state index contributed by atoms with van der Waals surface area (Å²) in [4.78, 5) is 15.4. The van der Waals surface area contributed by atoms with E-state index in [0.717, 1.165) is 93.6 Å². The van der Waals surface area contributed by atoms with Crippen molar-refractivity contribution in [3.63, 3.8) is 0 Å². The zero-order valence-electron chi connectivity index (χ0n) is 27.0. The summed E-state index contributed by atoms with van der Waals surface area (Å²) in [7, 11) is 0. The maximum absolute atomic E-state index is 6.54. The number of nitrogens with zero attached hydrogens (tertiary/aromatic N) is 3. The molecule has 11 aromatic rings. The number of para-hydroxylation sites is 3. The van der Waals surface area contributed by atoms with E-state index in [9.17, 15) is 0 Å². The SMILES string of the molecule is c1ccc(-c2nc(-c3cccc4c3oc3ccccc34)nc(-c3cccc4oc5cccc(-c6ccc7oc8ccccc8c7c6)c5c34)n2)cc1. The zero-order chi connectivity index (χ0) is 33.5. The molecule has 51 heavy (non-hydrogen) atoms. The monoisotopic (exact) mass is 655 g/mol. The van der Waals surface area contributed by atoms with Gasteiger partial charge >= 0.3 is 0 Å². The second kappa shape index (κ2) is 10.7. The maximum Gasteiger partial charge on any atom is 0.167 e. The fraction of sp³-hybridized carbons (Fsp3) is 0. The van der Waals surface area contributed by atoms with Gasteiger partial charge < -0.3 is 13.3 Å². The molecule has 0 N–H and O–H groups in total. The fourth-order valence-electron chi connectivity index (χ4n) is 7.44. The maximum atomic E-state index is 6.54. The number of aromatic nitrogens is 3. The van der Waals surface area contributed by atoms with Crippen molar-refractivity contribution in [2.75, 3.05) is 0 Å². The normalized spacial score (nSPS) is 11.9. The van der Waals surface area contributed by atoms with Gasteiger partial charge in [0.05, 0.1) is 5.56 Å². The first-order valence-electron chi connectivity index (χ1n) is 16.9. The van der Waals surface area contributed by atoms with Gasteiger partial charge in [0.25, 0.3) is 0 Å². The van der Waals surface area contributed by atoms with E-state index >= 15 is 0 Å². The van der Waals surface area contributed by atoms with Crippen LogP contribution in [0.15, 0.2) is 165 Å². The van der Waals surface area contributed by atoms with Crippen molar-refractivity contribution in [1.29, 1.82) is 0 Å². The highest BCUT2D eigenvalue weighted by Gasteiger charge is 2.22. The summed E-state index contributed by atoms with van der Waals surface area (Å²) in [5.74, 6) is 1.66. The predicted molar refractivity (Wildman–Crippen MR) is 203 cm³/mol. The molecule has 4 heterocycles. The van der Waals surface area contributed by atoms with Crippen molar-refractivity contribution in [3.05, 3.63) is 152 Å². The predicted octanol–water partition coefficient (Wildman–Crippen LogP) is 12.2. The van der Waals surface area contributed by atoms with E-state index in [1.807, 2.05) is 103 Å². The van der Waals surface area contributed by atoms with Crippen LogP contribution in [0.4, 0.5) is 0 Å². The Hall–Kier alpha value is -7.05. The Labute approximate surface area is 290 Å². The van der Waals surface area contributed by atoms with E-state index in [1.54, 1.807) is 0 Å². The second-order valence-electron chi connectivity index (χ2n) is 12.7. The van der Waals surface area contributed by atoms with Gasteiger partial charge in [-0.1, -0.05) is 109 Å². The number of hydrogen-bond donors (Lipinski definition) is 0. The van der Waals surface area contributed by atoms with E-state index in [1.165, 1.54) is 0 Å². The van der Waals surface area contributed by atoms with Gasteiger partial charge in [0.1, 0.15) is 33.5 Å². The highest BCUT2D eigenvalue weighted by Crippen LogP contribution is 2.43. The summed E-state index contributed by atoms with van der Waals surface area (Å²) in [6.45, 7) is 0. The third-order valence-electron chi connectivity index (χ3n) is 9.76. The van der Waals surface area contributed by atoms with E-state index in [-0.39, 0.29) is 0 Å². The Morgan fingerprint density at radius 1 is 0.314 bits per heavy atom. The van der Waals surface area contributed by atoms with Crippen LogP contribution in [-0.2, 0) is 0 Å². The van der Waals surface area contributed by atoms with Crippen molar-refractivity contribution in [3.8, 4) is 45.3 Å². The number of fused-ring (bicyclic) bond motifs is 9. The summed E-state index contributed by atoms with van der Waals surface area (Å²) < 4.78 is 19.1. The molecule has 0 saturated carbocycles. The van der Waals surface area contributed by atoms with Crippen LogP contribution in [-0.4, -0.2) is 15.0 Å². The van der Waals surface area contributed by atoms with E-state index < -0.39 is 0 Å². The smallest absolute Gasteiger partial charge is 0.167 e. The highest BCUT2D eigenvalue weighted by atomic mass is 16.3. The van der Waals surface area contributed by atoms with Gasteiger partial charge in [0, 0.05) is 43.4 Å². The summed E-state index contributed by atoms with van der Waals surface area (Å²) in [5, 5.41) is 6.17. The molecule has 0 radical (unpaired) electrons. The minimum Gasteiger partial charge on any atom is -0.456 e. The molecule has 0 saturated heterocycles. The van der Waals surface area contributed by atoms with E-state index in [2.05, 4.69) is 48.5 Å². The van der Waals surface area contributed by atoms with E-state index in [0.29, 0.717) is 17.5 Å². The van der Waals surface area contributed by atoms with Crippen molar-refractivity contribution in [2.24, 2.45) is 0 Å². The van der Waals surface area contributed by atoms with Gasteiger partial charge in [-0.15, -0.1) is 0 Å². The third-order valence-corrected chi connectivity index (χ3v) is 9.76. The lowest BCUT2D eigenvalue weighted by Gasteiger charge is -2.10. The molecule has 4 aromatic heterocycles. The molecule has 0 aliphatic rings. The van der Waals surface area contributed by atoms with Crippen LogP contribution in [0.2, 0.25) is 0 Å². The van der Waals surface area contributed by atoms with Crippen LogP contribution < -0.4 is 0 Å². The summed E-state index contributed by atoms with van der Waals surface area (Å²) >= 11 is 0. The van der Waals surface area contributed by atoms with Gasteiger partial charge in [-0.25, -0.2) is 15.0 Å². The third kappa shape index (κ3) is 4.26. The van der Waals surface area contributed by atoms with Crippen LogP contribution >= 0.6 is 0 Å². The quantitative estimate of drug-likeness (QED) is 0.188.